The van der Waals surface area contributed by atoms with Gasteiger partial charge >= 0.3 is 0 Å². The number of hydrogen-bond acceptors (Lipinski definition) is 5. The van der Waals surface area contributed by atoms with Crippen molar-refractivity contribution in [3.8, 4) is 0 Å². The van der Waals surface area contributed by atoms with Crippen molar-refractivity contribution >= 4 is 71.0 Å². The lowest BCUT2D eigenvalue weighted by Gasteiger charge is -2.36. The molecule has 2 atom stereocenters. The summed E-state index contributed by atoms with van der Waals surface area (Å²) < 4.78 is 0. The first-order valence-corrected chi connectivity index (χ1v) is 11.5. The molecule has 2 N–H and O–H groups in total. The molecule has 2 aliphatic heterocycles. The van der Waals surface area contributed by atoms with Gasteiger partial charge in [0.25, 0.3) is 0 Å². The van der Waals surface area contributed by atoms with Crippen LogP contribution in [0.2, 0.25) is 15.1 Å². The maximum Gasteiger partial charge on any atom is 0.157 e. The lowest BCUT2D eigenvalue weighted by molar-refractivity contribution is 0.182. The van der Waals surface area contributed by atoms with Gasteiger partial charge in [0, 0.05) is 35.7 Å². The molecule has 0 spiro atoms. The average Bonchev–Trinajstić information content (AvgIpc) is 2.76. The fourth-order valence-corrected chi connectivity index (χ4v) is 4.84. The summed E-state index contributed by atoms with van der Waals surface area (Å²) in [4.78, 5) is 11.8. The third-order valence-corrected chi connectivity index (χ3v) is 6.68. The highest BCUT2D eigenvalue weighted by Gasteiger charge is 2.24. The number of hydrogen-bond donors (Lipinski definition) is 2. The number of piperidine rings is 1. The number of nitrogens with one attached hydrogen (secondary N) is 2. The van der Waals surface area contributed by atoms with Gasteiger partial charge in [-0.25, -0.2) is 9.97 Å². The Morgan fingerprint density at radius 3 is 2.66 bits per heavy atom. The van der Waals surface area contributed by atoms with Crippen molar-refractivity contribution in [2.75, 3.05) is 31.5 Å². The van der Waals surface area contributed by atoms with Crippen LogP contribution in [0.1, 0.15) is 43.6 Å². The van der Waals surface area contributed by atoms with E-state index in [4.69, 9.17) is 39.8 Å². The second kappa shape index (κ2) is 12.6. The van der Waals surface area contributed by atoms with E-state index in [9.17, 15) is 0 Å². The number of rotatable bonds is 5. The van der Waals surface area contributed by atoms with Gasteiger partial charge in [-0.2, -0.15) is 0 Å². The molecule has 32 heavy (non-hydrogen) atoms. The van der Waals surface area contributed by atoms with Gasteiger partial charge in [0.1, 0.15) is 10.8 Å². The van der Waals surface area contributed by atoms with Crippen molar-refractivity contribution in [1.29, 1.82) is 0 Å². The number of halogens is 5. The van der Waals surface area contributed by atoms with Crippen molar-refractivity contribution in [1.82, 2.24) is 20.2 Å². The van der Waals surface area contributed by atoms with Crippen molar-refractivity contribution < 1.29 is 0 Å². The lowest BCUT2D eigenvalue weighted by Crippen LogP contribution is -2.47. The second-order valence-electron chi connectivity index (χ2n) is 7.90. The highest BCUT2D eigenvalue weighted by atomic mass is 35.5. The number of nitrogens with zero attached hydrogens (tertiary/aromatic N) is 3. The summed E-state index contributed by atoms with van der Waals surface area (Å²) in [7, 11) is 0. The quantitative estimate of drug-likeness (QED) is 0.467. The Hall–Kier alpha value is -0.790. The van der Waals surface area contributed by atoms with Gasteiger partial charge in [0.05, 0.1) is 12.2 Å². The summed E-state index contributed by atoms with van der Waals surface area (Å²) in [5.74, 6) is 1.35. The Balaban J connectivity index is 0.00000181. The summed E-state index contributed by atoms with van der Waals surface area (Å²) in [6, 6.07) is 6.03. The standard InChI is InChI=1S/C22H26Cl3N5.2ClH/c1-14(18-5-4-16(23)11-19(18)24)28-22-20(25)13-27-21(29-22)15-6-9-30(10-7-15)17-3-2-8-26-12-17;;/h4-6,11,13-14,17,26H,2-3,7-10,12H2,1H3,(H,27,28,29);2*1H/t14-,17?;;/m1../s1. The Morgan fingerprint density at radius 2 is 2.00 bits per heavy atom. The second-order valence-corrected chi connectivity index (χ2v) is 9.15. The van der Waals surface area contributed by atoms with Gasteiger partial charge in [-0.3, -0.25) is 4.90 Å². The SMILES string of the molecule is C[C@@H](Nc1nc(C2=CCN(C3CCCNC3)CC2)ncc1Cl)c1ccc(Cl)cc1Cl.Cl.Cl. The molecular formula is C22H28Cl5N5. The summed E-state index contributed by atoms with van der Waals surface area (Å²) in [6.07, 6.45) is 7.39. The number of anilines is 1. The Labute approximate surface area is 217 Å². The predicted molar refractivity (Wildman–Crippen MR) is 140 cm³/mol. The van der Waals surface area contributed by atoms with Crippen LogP contribution in [0, 0.1) is 0 Å². The van der Waals surface area contributed by atoms with Crippen LogP contribution in [0.5, 0.6) is 0 Å². The van der Waals surface area contributed by atoms with E-state index in [1.54, 1.807) is 12.3 Å². The molecular weight excluding hydrogens is 512 g/mol. The third-order valence-electron chi connectivity index (χ3n) is 5.84. The zero-order valence-corrected chi connectivity index (χ0v) is 21.7. The summed E-state index contributed by atoms with van der Waals surface area (Å²) >= 11 is 18.7. The molecule has 5 nitrogen and oxygen atoms in total. The Morgan fingerprint density at radius 1 is 1.19 bits per heavy atom. The smallest absolute Gasteiger partial charge is 0.157 e. The Bertz CT molecular complexity index is 933. The van der Waals surface area contributed by atoms with E-state index in [2.05, 4.69) is 26.6 Å². The first kappa shape index (κ1) is 27.5. The van der Waals surface area contributed by atoms with E-state index in [1.165, 1.54) is 18.4 Å². The van der Waals surface area contributed by atoms with Crippen molar-refractivity contribution in [3.63, 3.8) is 0 Å². The highest BCUT2D eigenvalue weighted by Crippen LogP contribution is 2.31. The lowest BCUT2D eigenvalue weighted by atomic mass is 10.0. The van der Waals surface area contributed by atoms with Gasteiger partial charge < -0.3 is 10.6 Å². The molecule has 1 fully saturated rings. The van der Waals surface area contributed by atoms with E-state index in [-0.39, 0.29) is 30.9 Å². The molecule has 0 radical (unpaired) electrons. The molecule has 4 rings (SSSR count). The Kier molecular flexibility index (Phi) is 10.8. The van der Waals surface area contributed by atoms with Crippen LogP contribution in [0.25, 0.3) is 5.57 Å². The van der Waals surface area contributed by atoms with E-state index in [0.29, 0.717) is 26.9 Å². The van der Waals surface area contributed by atoms with Crippen molar-refractivity contribution in [3.05, 3.63) is 56.9 Å². The van der Waals surface area contributed by atoms with Gasteiger partial charge in [-0.15, -0.1) is 24.8 Å². The van der Waals surface area contributed by atoms with Crippen LogP contribution in [-0.2, 0) is 0 Å². The average molecular weight is 540 g/mol. The molecule has 0 bridgehead atoms. The van der Waals surface area contributed by atoms with Crippen LogP contribution in [0.3, 0.4) is 0 Å². The molecule has 1 aromatic heterocycles. The fourth-order valence-electron chi connectivity index (χ4n) is 4.12. The summed E-state index contributed by atoms with van der Waals surface area (Å²) in [5, 5.41) is 8.58. The fraction of sp³-hybridized carbons (Fsp3) is 0.455. The first-order chi connectivity index (χ1) is 14.5. The minimum Gasteiger partial charge on any atom is -0.362 e. The zero-order chi connectivity index (χ0) is 21.1. The largest absolute Gasteiger partial charge is 0.362 e. The zero-order valence-electron chi connectivity index (χ0n) is 17.8. The molecule has 2 aromatic rings. The van der Waals surface area contributed by atoms with Crippen molar-refractivity contribution in [2.45, 2.75) is 38.3 Å². The van der Waals surface area contributed by atoms with E-state index < -0.39 is 0 Å². The van der Waals surface area contributed by atoms with E-state index in [1.807, 2.05) is 19.1 Å². The minimum absolute atomic E-state index is 0. The number of benzene rings is 1. The molecule has 176 valence electrons. The summed E-state index contributed by atoms with van der Waals surface area (Å²) in [6.45, 7) is 6.21. The highest BCUT2D eigenvalue weighted by molar-refractivity contribution is 6.35. The molecule has 3 heterocycles. The molecule has 2 aliphatic rings. The monoisotopic (exact) mass is 537 g/mol. The van der Waals surface area contributed by atoms with Crippen molar-refractivity contribution in [2.24, 2.45) is 0 Å². The molecule has 0 saturated carbocycles. The molecule has 1 saturated heterocycles. The van der Waals surface area contributed by atoms with Gasteiger partial charge in [-0.1, -0.05) is 46.9 Å². The maximum absolute atomic E-state index is 6.38. The minimum atomic E-state index is -0.0790. The summed E-state index contributed by atoms with van der Waals surface area (Å²) in [5.41, 5.74) is 2.11. The normalized spacial score (nSPS) is 19.9. The molecule has 10 heteroatoms. The van der Waals surface area contributed by atoms with Crippen LogP contribution in [0.4, 0.5) is 5.82 Å². The van der Waals surface area contributed by atoms with Gasteiger partial charge in [0.15, 0.2) is 5.82 Å². The topological polar surface area (TPSA) is 53.1 Å². The molecule has 0 aliphatic carbocycles. The molecule has 1 unspecified atom stereocenters. The molecule has 0 amide bonds. The molecule has 1 aromatic carbocycles. The number of aromatic nitrogens is 2. The van der Waals surface area contributed by atoms with Crippen LogP contribution < -0.4 is 10.6 Å². The van der Waals surface area contributed by atoms with Crippen LogP contribution in [-0.4, -0.2) is 47.1 Å². The van der Waals surface area contributed by atoms with E-state index >= 15 is 0 Å². The van der Waals surface area contributed by atoms with Gasteiger partial charge in [-0.05, 0) is 56.0 Å². The van der Waals surface area contributed by atoms with Gasteiger partial charge in [0.2, 0.25) is 0 Å². The first-order valence-electron chi connectivity index (χ1n) is 10.4. The predicted octanol–water partition coefficient (Wildman–Crippen LogP) is 6.29. The third kappa shape index (κ3) is 6.63. The van der Waals surface area contributed by atoms with Crippen LogP contribution in [0.15, 0.2) is 30.5 Å². The van der Waals surface area contributed by atoms with Crippen LogP contribution >= 0.6 is 59.6 Å². The van der Waals surface area contributed by atoms with E-state index in [0.717, 1.165) is 44.0 Å². The maximum atomic E-state index is 6.38.